The van der Waals surface area contributed by atoms with Crippen molar-refractivity contribution in [1.29, 1.82) is 0 Å². The van der Waals surface area contributed by atoms with Gasteiger partial charge < -0.3 is 0 Å². The van der Waals surface area contributed by atoms with E-state index in [1.54, 1.807) is 0 Å². The van der Waals surface area contributed by atoms with Crippen molar-refractivity contribution in [3.05, 3.63) is 23.3 Å². The van der Waals surface area contributed by atoms with Gasteiger partial charge in [0.1, 0.15) is 0 Å². The molecule has 0 aliphatic carbocycles. The van der Waals surface area contributed by atoms with Crippen LogP contribution in [0, 0.1) is 0 Å². The Hall–Kier alpha value is -0.520. The Balaban J connectivity index is 0. The maximum Gasteiger partial charge on any atom is -0.0440 e. The molecule has 0 radical (unpaired) electrons. The topological polar surface area (TPSA) is 0 Å². The number of allylic oxidation sites excluding steroid dienone is 4. The van der Waals surface area contributed by atoms with Crippen LogP contribution in [0.25, 0.3) is 0 Å². The second kappa shape index (κ2) is 8.48. The normalized spacial score (nSPS) is 8.60. The summed E-state index contributed by atoms with van der Waals surface area (Å²) in [7, 11) is 0. The molecule has 0 aliphatic heterocycles. The smallest absolute Gasteiger partial charge is 0.0440 e. The Morgan fingerprint density at radius 3 is 0.900 bits per heavy atom. The zero-order valence-electron chi connectivity index (χ0n) is 8.15. The van der Waals surface area contributed by atoms with Crippen molar-refractivity contribution in [3.8, 4) is 0 Å². The van der Waals surface area contributed by atoms with Crippen molar-refractivity contribution in [1.82, 2.24) is 0 Å². The molecule has 0 rings (SSSR count). The van der Waals surface area contributed by atoms with Gasteiger partial charge in [0.15, 0.2) is 0 Å². The largest absolute Gasteiger partial charge is 0.0919 e. The number of hydrogen-bond acceptors (Lipinski definition) is 0. The van der Waals surface area contributed by atoms with E-state index in [1.807, 2.05) is 26.0 Å². The van der Waals surface area contributed by atoms with E-state index in [0.717, 1.165) is 0 Å². The molecule has 0 aromatic rings. The summed E-state index contributed by atoms with van der Waals surface area (Å²) in [6.07, 6.45) is 4.00. The van der Waals surface area contributed by atoms with E-state index in [0.29, 0.717) is 0 Å². The molecule has 0 heterocycles. The lowest BCUT2D eigenvalue weighted by Gasteiger charge is -1.88. The third-order valence-electron chi connectivity index (χ3n) is 1.33. The molecule has 0 aromatic carbocycles. The van der Waals surface area contributed by atoms with Crippen LogP contribution in [0.5, 0.6) is 0 Å². The fourth-order valence-corrected chi connectivity index (χ4v) is 0. The SMILES string of the molecule is C/C=C\C.CC(C)=C(C)C. The maximum atomic E-state index is 2.12. The Bertz CT molecular complexity index is 94.0. The van der Waals surface area contributed by atoms with Crippen LogP contribution in [0.2, 0.25) is 0 Å². The first-order valence-corrected chi connectivity index (χ1v) is 3.74. The third kappa shape index (κ3) is 15.6. The molecule has 0 saturated heterocycles. The summed E-state index contributed by atoms with van der Waals surface area (Å²) in [5, 5.41) is 0. The van der Waals surface area contributed by atoms with Crippen LogP contribution in [0.4, 0.5) is 0 Å². The van der Waals surface area contributed by atoms with E-state index in [1.165, 1.54) is 11.1 Å². The van der Waals surface area contributed by atoms with E-state index in [9.17, 15) is 0 Å². The van der Waals surface area contributed by atoms with Gasteiger partial charge in [0.2, 0.25) is 0 Å². The van der Waals surface area contributed by atoms with Gasteiger partial charge in [0.05, 0.1) is 0 Å². The molecule has 0 aromatic heterocycles. The van der Waals surface area contributed by atoms with Gasteiger partial charge in [-0.2, -0.15) is 0 Å². The van der Waals surface area contributed by atoms with Gasteiger partial charge >= 0.3 is 0 Å². The van der Waals surface area contributed by atoms with Gasteiger partial charge in [0, 0.05) is 0 Å². The molecule has 0 bridgehead atoms. The van der Waals surface area contributed by atoms with E-state index in [-0.39, 0.29) is 0 Å². The lowest BCUT2D eigenvalue weighted by molar-refractivity contribution is 1.23. The van der Waals surface area contributed by atoms with Crippen LogP contribution in [0.3, 0.4) is 0 Å². The number of rotatable bonds is 0. The number of hydrogen-bond donors (Lipinski definition) is 0. The zero-order valence-corrected chi connectivity index (χ0v) is 8.15. The average molecular weight is 140 g/mol. The molecule has 0 aliphatic rings. The quantitative estimate of drug-likeness (QED) is 0.447. The monoisotopic (exact) mass is 140 g/mol. The maximum absolute atomic E-state index is 2.12. The van der Waals surface area contributed by atoms with Gasteiger partial charge in [0.25, 0.3) is 0 Å². The van der Waals surface area contributed by atoms with E-state index >= 15 is 0 Å². The standard InChI is InChI=1S/C6H12.C4H8/c1-5(2)6(3)4;1-3-4-2/h1-4H3;3-4H,1-2H3/b;4-3-. The molecule has 0 heteroatoms. The third-order valence-corrected chi connectivity index (χ3v) is 1.33. The van der Waals surface area contributed by atoms with Gasteiger partial charge in [-0.15, -0.1) is 0 Å². The summed E-state index contributed by atoms with van der Waals surface area (Å²) in [5.41, 5.74) is 2.85. The van der Waals surface area contributed by atoms with Gasteiger partial charge in [-0.05, 0) is 41.5 Å². The molecule has 0 spiro atoms. The zero-order chi connectivity index (χ0) is 8.57. The predicted octanol–water partition coefficient (Wildman–Crippen LogP) is 3.95. The van der Waals surface area contributed by atoms with Gasteiger partial charge in [-0.25, -0.2) is 0 Å². The van der Waals surface area contributed by atoms with Gasteiger partial charge in [-0.1, -0.05) is 23.3 Å². The van der Waals surface area contributed by atoms with Crippen molar-refractivity contribution in [3.63, 3.8) is 0 Å². The molecule has 0 unspecified atom stereocenters. The average Bonchev–Trinajstić information content (AvgIpc) is 1.89. The summed E-state index contributed by atoms with van der Waals surface area (Å²) in [5.74, 6) is 0. The second-order valence-corrected chi connectivity index (χ2v) is 2.67. The Morgan fingerprint density at radius 1 is 0.700 bits per heavy atom. The molecule has 0 fully saturated rings. The minimum atomic E-state index is 1.43. The molecule has 10 heavy (non-hydrogen) atoms. The van der Waals surface area contributed by atoms with Crippen molar-refractivity contribution in [2.24, 2.45) is 0 Å². The van der Waals surface area contributed by atoms with Crippen molar-refractivity contribution in [2.75, 3.05) is 0 Å². The molecule has 0 nitrogen and oxygen atoms in total. The summed E-state index contributed by atoms with van der Waals surface area (Å²) in [4.78, 5) is 0. The van der Waals surface area contributed by atoms with E-state index < -0.39 is 0 Å². The highest BCUT2D eigenvalue weighted by Gasteiger charge is 1.75. The minimum absolute atomic E-state index is 1.43. The highest BCUT2D eigenvalue weighted by Crippen LogP contribution is 1.96. The molecule has 60 valence electrons. The first-order valence-electron chi connectivity index (χ1n) is 3.74. The van der Waals surface area contributed by atoms with Gasteiger partial charge in [-0.3, -0.25) is 0 Å². The lowest BCUT2D eigenvalue weighted by Crippen LogP contribution is -1.66. The van der Waals surface area contributed by atoms with Crippen molar-refractivity contribution >= 4 is 0 Å². The molecule has 0 atom stereocenters. The van der Waals surface area contributed by atoms with E-state index in [2.05, 4.69) is 27.7 Å². The van der Waals surface area contributed by atoms with E-state index in [4.69, 9.17) is 0 Å². The summed E-state index contributed by atoms with van der Waals surface area (Å²) in [6.45, 7) is 12.5. The van der Waals surface area contributed by atoms with Crippen LogP contribution in [-0.4, -0.2) is 0 Å². The van der Waals surface area contributed by atoms with Crippen LogP contribution < -0.4 is 0 Å². The molecular formula is C10H20. The summed E-state index contributed by atoms with van der Waals surface area (Å²) in [6, 6.07) is 0. The Kier molecular flexibility index (Phi) is 10.3. The fourth-order valence-electron chi connectivity index (χ4n) is 0. The predicted molar refractivity (Wildman–Crippen MR) is 50.2 cm³/mol. The molecular weight excluding hydrogens is 120 g/mol. The Labute approximate surface area is 65.7 Å². The first kappa shape index (κ1) is 12.2. The first-order chi connectivity index (χ1) is 4.56. The lowest BCUT2D eigenvalue weighted by atomic mass is 10.2. The van der Waals surface area contributed by atoms with Crippen LogP contribution in [0.15, 0.2) is 23.3 Å². The summed E-state index contributed by atoms with van der Waals surface area (Å²) < 4.78 is 0. The molecule has 0 saturated carbocycles. The second-order valence-electron chi connectivity index (χ2n) is 2.67. The highest BCUT2D eigenvalue weighted by atomic mass is 13.8. The van der Waals surface area contributed by atoms with Crippen molar-refractivity contribution in [2.45, 2.75) is 41.5 Å². The highest BCUT2D eigenvalue weighted by molar-refractivity contribution is 5.02. The van der Waals surface area contributed by atoms with Crippen LogP contribution in [0.1, 0.15) is 41.5 Å². The summed E-state index contributed by atoms with van der Waals surface area (Å²) >= 11 is 0. The molecule has 0 N–H and O–H groups in total. The van der Waals surface area contributed by atoms with Crippen LogP contribution >= 0.6 is 0 Å². The van der Waals surface area contributed by atoms with Crippen LogP contribution in [-0.2, 0) is 0 Å². The fraction of sp³-hybridized carbons (Fsp3) is 0.600. The van der Waals surface area contributed by atoms with Crippen molar-refractivity contribution < 1.29 is 0 Å². The minimum Gasteiger partial charge on any atom is -0.0919 e. The Morgan fingerprint density at radius 2 is 0.900 bits per heavy atom. The molecule has 0 amide bonds.